The fourth-order valence-corrected chi connectivity index (χ4v) is 2.75. The predicted octanol–water partition coefficient (Wildman–Crippen LogP) is 4.76. The third-order valence-electron chi connectivity index (χ3n) is 2.97. The normalized spacial score (nSPS) is 10.6. The summed E-state index contributed by atoms with van der Waals surface area (Å²) in [4.78, 5) is 0. The summed E-state index contributed by atoms with van der Waals surface area (Å²) >= 11 is 9.45. The summed E-state index contributed by atoms with van der Waals surface area (Å²) in [6.45, 7) is 0.686. The highest BCUT2D eigenvalue weighted by Crippen LogP contribution is 2.24. The number of rotatable bonds is 4. The van der Waals surface area contributed by atoms with Gasteiger partial charge in [0.1, 0.15) is 0 Å². The lowest BCUT2D eigenvalue weighted by atomic mass is 10.2. The van der Waals surface area contributed by atoms with Crippen molar-refractivity contribution in [1.82, 2.24) is 10.2 Å². The maximum absolute atomic E-state index is 5.94. The quantitative estimate of drug-likeness (QED) is 0.725. The van der Waals surface area contributed by atoms with Gasteiger partial charge in [-0.2, -0.15) is 0 Å². The molecule has 1 N–H and O–H groups in total. The first kappa shape index (κ1) is 14.1. The van der Waals surface area contributed by atoms with Crippen molar-refractivity contribution in [1.29, 1.82) is 0 Å². The number of halogens is 2. The van der Waals surface area contributed by atoms with Gasteiger partial charge in [0, 0.05) is 27.3 Å². The van der Waals surface area contributed by atoms with Gasteiger partial charge in [0.25, 0.3) is 0 Å². The Morgan fingerprint density at radius 2 is 2.10 bits per heavy atom. The van der Waals surface area contributed by atoms with Crippen LogP contribution in [0.15, 0.2) is 57.7 Å². The Labute approximate surface area is 135 Å². The molecule has 0 radical (unpaired) electrons. The van der Waals surface area contributed by atoms with E-state index in [9.17, 15) is 0 Å². The van der Waals surface area contributed by atoms with Crippen molar-refractivity contribution < 1.29 is 4.42 Å². The van der Waals surface area contributed by atoms with Crippen LogP contribution >= 0.6 is 27.5 Å². The van der Waals surface area contributed by atoms with Crippen LogP contribution in [-0.2, 0) is 6.54 Å². The smallest absolute Gasteiger partial charge is 0.247 e. The molecule has 0 fully saturated rings. The van der Waals surface area contributed by atoms with Gasteiger partial charge in [-0.15, -0.1) is 10.2 Å². The summed E-state index contributed by atoms with van der Waals surface area (Å²) in [5, 5.41) is 11.7. The molecule has 0 amide bonds. The first-order chi connectivity index (χ1) is 10.2. The first-order valence-electron chi connectivity index (χ1n) is 6.27. The topological polar surface area (TPSA) is 51.0 Å². The largest absolute Gasteiger partial charge is 0.423 e. The lowest BCUT2D eigenvalue weighted by Crippen LogP contribution is -2.00. The van der Waals surface area contributed by atoms with E-state index in [0.29, 0.717) is 17.5 Å². The zero-order valence-electron chi connectivity index (χ0n) is 10.9. The van der Waals surface area contributed by atoms with E-state index in [2.05, 4.69) is 31.4 Å². The molecule has 21 heavy (non-hydrogen) atoms. The van der Waals surface area contributed by atoms with E-state index in [0.717, 1.165) is 21.3 Å². The zero-order chi connectivity index (χ0) is 14.7. The predicted molar refractivity (Wildman–Crippen MR) is 86.2 cm³/mol. The van der Waals surface area contributed by atoms with Gasteiger partial charge in [0.05, 0.1) is 0 Å². The summed E-state index contributed by atoms with van der Waals surface area (Å²) < 4.78 is 6.18. The fourth-order valence-electron chi connectivity index (χ4n) is 1.92. The number of aromatic nitrogens is 2. The molecule has 0 atom stereocenters. The van der Waals surface area contributed by atoms with E-state index in [-0.39, 0.29) is 0 Å². The maximum atomic E-state index is 5.94. The second-order valence-electron chi connectivity index (χ2n) is 4.41. The SMILES string of the molecule is Clc1ccc(CNc2cccc(-c3nnco3)c2)c(Br)c1. The van der Waals surface area contributed by atoms with E-state index < -0.39 is 0 Å². The minimum atomic E-state index is 0.506. The van der Waals surface area contributed by atoms with Gasteiger partial charge in [-0.1, -0.05) is 39.7 Å². The Kier molecular flexibility index (Phi) is 4.22. The highest BCUT2D eigenvalue weighted by molar-refractivity contribution is 9.10. The van der Waals surface area contributed by atoms with Gasteiger partial charge in [0.2, 0.25) is 12.3 Å². The van der Waals surface area contributed by atoms with Crippen molar-refractivity contribution in [3.63, 3.8) is 0 Å². The van der Waals surface area contributed by atoms with Crippen LogP contribution in [0.25, 0.3) is 11.5 Å². The zero-order valence-corrected chi connectivity index (χ0v) is 13.2. The van der Waals surface area contributed by atoms with Crippen LogP contribution in [0.5, 0.6) is 0 Å². The maximum Gasteiger partial charge on any atom is 0.247 e. The van der Waals surface area contributed by atoms with Crippen LogP contribution < -0.4 is 5.32 Å². The highest BCUT2D eigenvalue weighted by Gasteiger charge is 2.05. The molecule has 0 aliphatic carbocycles. The van der Waals surface area contributed by atoms with E-state index >= 15 is 0 Å². The highest BCUT2D eigenvalue weighted by atomic mass is 79.9. The fraction of sp³-hybridized carbons (Fsp3) is 0.0667. The average molecular weight is 365 g/mol. The third kappa shape index (κ3) is 3.43. The van der Waals surface area contributed by atoms with Crippen molar-refractivity contribution in [3.8, 4) is 11.5 Å². The van der Waals surface area contributed by atoms with Gasteiger partial charge < -0.3 is 9.73 Å². The Bertz CT molecular complexity index is 746. The first-order valence-corrected chi connectivity index (χ1v) is 7.44. The van der Waals surface area contributed by atoms with E-state index in [1.807, 2.05) is 42.5 Å². The lowest BCUT2D eigenvalue weighted by Gasteiger charge is -2.09. The molecule has 6 heteroatoms. The van der Waals surface area contributed by atoms with E-state index in [1.165, 1.54) is 6.39 Å². The molecular formula is C15H11BrClN3O. The van der Waals surface area contributed by atoms with Crippen LogP contribution in [0.1, 0.15) is 5.56 Å². The molecule has 3 rings (SSSR count). The van der Waals surface area contributed by atoms with Crippen molar-refractivity contribution in [2.24, 2.45) is 0 Å². The Balaban J connectivity index is 1.75. The van der Waals surface area contributed by atoms with E-state index in [1.54, 1.807) is 0 Å². The second kappa shape index (κ2) is 6.28. The molecule has 0 aliphatic rings. The molecule has 0 unspecified atom stereocenters. The monoisotopic (exact) mass is 363 g/mol. The van der Waals surface area contributed by atoms with Gasteiger partial charge in [-0.3, -0.25) is 0 Å². The van der Waals surface area contributed by atoms with Crippen molar-refractivity contribution in [2.45, 2.75) is 6.54 Å². The molecule has 1 heterocycles. The lowest BCUT2D eigenvalue weighted by molar-refractivity contribution is 0.568. The van der Waals surface area contributed by atoms with Gasteiger partial charge in [-0.05, 0) is 35.9 Å². The standard InChI is InChI=1S/C15H11BrClN3O/c16-14-7-12(17)5-4-11(14)8-18-13-3-1-2-10(6-13)15-20-19-9-21-15/h1-7,9,18H,8H2. The van der Waals surface area contributed by atoms with Gasteiger partial charge in [0.15, 0.2) is 0 Å². The summed E-state index contributed by atoms with van der Waals surface area (Å²) in [5.74, 6) is 0.506. The molecule has 0 bridgehead atoms. The molecule has 0 spiro atoms. The van der Waals surface area contributed by atoms with Crippen LogP contribution in [-0.4, -0.2) is 10.2 Å². The average Bonchev–Trinajstić information content (AvgIpc) is 3.01. The number of hydrogen-bond acceptors (Lipinski definition) is 4. The molecule has 106 valence electrons. The summed E-state index contributed by atoms with van der Waals surface area (Å²) in [6.07, 6.45) is 1.32. The number of hydrogen-bond donors (Lipinski definition) is 1. The molecule has 0 saturated heterocycles. The summed E-state index contributed by atoms with van der Waals surface area (Å²) in [5.41, 5.74) is 2.99. The van der Waals surface area contributed by atoms with Crippen LogP contribution in [0.2, 0.25) is 5.02 Å². The molecule has 4 nitrogen and oxygen atoms in total. The summed E-state index contributed by atoms with van der Waals surface area (Å²) in [6, 6.07) is 13.6. The van der Waals surface area contributed by atoms with Crippen LogP contribution in [0.4, 0.5) is 5.69 Å². The Morgan fingerprint density at radius 3 is 2.86 bits per heavy atom. The minimum absolute atomic E-state index is 0.506. The third-order valence-corrected chi connectivity index (χ3v) is 3.94. The van der Waals surface area contributed by atoms with Crippen LogP contribution in [0.3, 0.4) is 0 Å². The Morgan fingerprint density at radius 1 is 1.19 bits per heavy atom. The van der Waals surface area contributed by atoms with E-state index in [4.69, 9.17) is 16.0 Å². The van der Waals surface area contributed by atoms with Gasteiger partial charge in [-0.25, -0.2) is 0 Å². The molecule has 0 saturated carbocycles. The molecule has 3 aromatic rings. The molecular weight excluding hydrogens is 354 g/mol. The van der Waals surface area contributed by atoms with Crippen molar-refractivity contribution in [2.75, 3.05) is 5.32 Å². The number of nitrogens with one attached hydrogen (secondary N) is 1. The van der Waals surface area contributed by atoms with Crippen LogP contribution in [0, 0.1) is 0 Å². The summed E-state index contributed by atoms with van der Waals surface area (Å²) in [7, 11) is 0. The minimum Gasteiger partial charge on any atom is -0.423 e. The van der Waals surface area contributed by atoms with Crippen molar-refractivity contribution >= 4 is 33.2 Å². The van der Waals surface area contributed by atoms with Gasteiger partial charge >= 0.3 is 0 Å². The number of nitrogens with zero attached hydrogens (tertiary/aromatic N) is 2. The molecule has 1 aromatic heterocycles. The van der Waals surface area contributed by atoms with Crippen molar-refractivity contribution in [3.05, 3.63) is 63.9 Å². The molecule has 0 aliphatic heterocycles. The number of anilines is 1. The number of benzene rings is 2. The second-order valence-corrected chi connectivity index (χ2v) is 5.70. The molecule has 2 aromatic carbocycles. The Hall–Kier alpha value is -1.85.